The summed E-state index contributed by atoms with van der Waals surface area (Å²) in [6.45, 7) is 7.75. The number of hydrogen-bond acceptors (Lipinski definition) is 3. The zero-order chi connectivity index (χ0) is 18.1. The summed E-state index contributed by atoms with van der Waals surface area (Å²) in [7, 11) is 0. The minimum Gasteiger partial charge on any atom is -0.379 e. The van der Waals surface area contributed by atoms with Crippen LogP contribution in [0.2, 0.25) is 0 Å². The van der Waals surface area contributed by atoms with Crippen LogP contribution >= 0.6 is 24.0 Å². The summed E-state index contributed by atoms with van der Waals surface area (Å²) in [5.41, 5.74) is -0.120. The first-order valence-corrected chi connectivity index (χ1v) is 8.47. The Balaban J connectivity index is 0.00000338. The van der Waals surface area contributed by atoms with Gasteiger partial charge in [-0.3, -0.25) is 4.90 Å². The average molecular weight is 486 g/mol. The minimum atomic E-state index is -4.33. The highest BCUT2D eigenvalue weighted by atomic mass is 127. The molecule has 1 aliphatic rings. The molecule has 1 aromatic carbocycles. The molecule has 0 spiro atoms. The lowest BCUT2D eigenvalue weighted by atomic mass is 10.1. The summed E-state index contributed by atoms with van der Waals surface area (Å²) in [5.74, 6) is 0.605. The number of alkyl halides is 3. The molecule has 148 valence electrons. The second-order valence-electron chi connectivity index (χ2n) is 5.77. The molecule has 0 amide bonds. The van der Waals surface area contributed by atoms with E-state index in [1.54, 1.807) is 6.07 Å². The van der Waals surface area contributed by atoms with Gasteiger partial charge >= 0.3 is 6.18 Å². The van der Waals surface area contributed by atoms with E-state index in [-0.39, 0.29) is 30.5 Å². The third-order valence-corrected chi connectivity index (χ3v) is 3.84. The maximum absolute atomic E-state index is 12.8. The van der Waals surface area contributed by atoms with E-state index < -0.39 is 11.7 Å². The summed E-state index contributed by atoms with van der Waals surface area (Å²) in [4.78, 5) is 6.67. The fourth-order valence-corrected chi connectivity index (χ4v) is 2.52. The molecule has 26 heavy (non-hydrogen) atoms. The van der Waals surface area contributed by atoms with Crippen molar-refractivity contribution in [3.63, 3.8) is 0 Å². The summed E-state index contributed by atoms with van der Waals surface area (Å²) in [6.07, 6.45) is -4.33. The highest BCUT2D eigenvalue weighted by Crippen LogP contribution is 2.29. The van der Waals surface area contributed by atoms with Gasteiger partial charge in [0.25, 0.3) is 0 Å². The van der Waals surface area contributed by atoms with Crippen molar-refractivity contribution < 1.29 is 17.9 Å². The van der Waals surface area contributed by atoms with Crippen LogP contribution in [0.3, 0.4) is 0 Å². The van der Waals surface area contributed by atoms with Gasteiger partial charge in [-0.05, 0) is 24.6 Å². The normalized spacial score (nSPS) is 16.1. The van der Waals surface area contributed by atoms with Gasteiger partial charge in [-0.1, -0.05) is 12.1 Å². The smallest absolute Gasteiger partial charge is 0.379 e. The molecule has 0 unspecified atom stereocenters. The van der Waals surface area contributed by atoms with Crippen LogP contribution in [0.4, 0.5) is 13.2 Å². The standard InChI is InChI=1S/C17H25F3N4O.HI/c1-2-21-16(22-6-7-24-8-10-25-11-9-24)23-13-14-4-3-5-15(12-14)17(18,19)20;/h3-5,12H,2,6-11,13H2,1H3,(H2,21,22,23);1H. The summed E-state index contributed by atoms with van der Waals surface area (Å²) in [6, 6.07) is 5.27. The quantitative estimate of drug-likeness (QED) is 0.369. The van der Waals surface area contributed by atoms with E-state index in [9.17, 15) is 13.2 Å². The minimum absolute atomic E-state index is 0. The molecule has 9 heteroatoms. The van der Waals surface area contributed by atoms with Gasteiger partial charge in [0.2, 0.25) is 0 Å². The highest BCUT2D eigenvalue weighted by molar-refractivity contribution is 14.0. The lowest BCUT2D eigenvalue weighted by Crippen LogP contribution is -2.44. The first-order valence-electron chi connectivity index (χ1n) is 8.47. The third kappa shape index (κ3) is 8.09. The molecule has 1 fully saturated rings. The molecular formula is C17H26F3IN4O. The molecule has 0 saturated carbocycles. The lowest BCUT2D eigenvalue weighted by molar-refractivity contribution is -0.137. The fraction of sp³-hybridized carbons (Fsp3) is 0.588. The van der Waals surface area contributed by atoms with Crippen molar-refractivity contribution in [3.8, 4) is 0 Å². The van der Waals surface area contributed by atoms with Gasteiger partial charge in [0, 0.05) is 32.7 Å². The SMILES string of the molecule is CCNC(=NCc1cccc(C(F)(F)F)c1)NCCN1CCOCC1.I. The number of guanidine groups is 1. The van der Waals surface area contributed by atoms with Crippen molar-refractivity contribution in [2.24, 2.45) is 4.99 Å². The number of aliphatic imine (C=N–C) groups is 1. The van der Waals surface area contributed by atoms with Crippen molar-refractivity contribution in [1.29, 1.82) is 0 Å². The largest absolute Gasteiger partial charge is 0.416 e. The molecule has 1 heterocycles. The molecule has 1 saturated heterocycles. The Morgan fingerprint density at radius 3 is 2.62 bits per heavy atom. The van der Waals surface area contributed by atoms with Crippen molar-refractivity contribution in [3.05, 3.63) is 35.4 Å². The zero-order valence-electron chi connectivity index (χ0n) is 14.8. The number of benzene rings is 1. The Kier molecular flexibility index (Phi) is 10.3. The monoisotopic (exact) mass is 486 g/mol. The van der Waals surface area contributed by atoms with Gasteiger partial charge in [0.1, 0.15) is 0 Å². The lowest BCUT2D eigenvalue weighted by Gasteiger charge is -2.26. The van der Waals surface area contributed by atoms with Gasteiger partial charge < -0.3 is 15.4 Å². The zero-order valence-corrected chi connectivity index (χ0v) is 17.1. The maximum Gasteiger partial charge on any atom is 0.416 e. The fourth-order valence-electron chi connectivity index (χ4n) is 2.52. The van der Waals surface area contributed by atoms with Gasteiger partial charge in [-0.15, -0.1) is 24.0 Å². The Morgan fingerprint density at radius 1 is 1.23 bits per heavy atom. The first-order chi connectivity index (χ1) is 12.0. The van der Waals surface area contributed by atoms with Crippen LogP contribution in [0, 0.1) is 0 Å². The Labute approximate surface area is 169 Å². The second kappa shape index (κ2) is 11.6. The molecule has 5 nitrogen and oxygen atoms in total. The number of hydrogen-bond donors (Lipinski definition) is 2. The Bertz CT molecular complexity index is 563. The van der Waals surface area contributed by atoms with Crippen molar-refractivity contribution in [2.75, 3.05) is 45.9 Å². The van der Waals surface area contributed by atoms with Gasteiger partial charge in [0.05, 0.1) is 25.3 Å². The molecule has 1 aromatic rings. The van der Waals surface area contributed by atoms with E-state index in [1.807, 2.05) is 6.92 Å². The molecule has 0 aromatic heterocycles. The van der Waals surface area contributed by atoms with Gasteiger partial charge in [0.15, 0.2) is 5.96 Å². The van der Waals surface area contributed by atoms with E-state index in [1.165, 1.54) is 6.07 Å². The number of nitrogens with one attached hydrogen (secondary N) is 2. The molecule has 0 radical (unpaired) electrons. The Morgan fingerprint density at radius 2 is 1.96 bits per heavy atom. The molecule has 0 aliphatic carbocycles. The van der Waals surface area contributed by atoms with Crippen LogP contribution in [-0.2, 0) is 17.5 Å². The summed E-state index contributed by atoms with van der Waals surface area (Å²) in [5, 5.41) is 6.33. The van der Waals surface area contributed by atoms with E-state index >= 15 is 0 Å². The van der Waals surface area contributed by atoms with Crippen LogP contribution in [0.25, 0.3) is 0 Å². The van der Waals surface area contributed by atoms with Crippen LogP contribution in [0.5, 0.6) is 0 Å². The number of ether oxygens (including phenoxy) is 1. The number of morpholine rings is 1. The van der Waals surface area contributed by atoms with Crippen LogP contribution in [0.1, 0.15) is 18.1 Å². The third-order valence-electron chi connectivity index (χ3n) is 3.84. The summed E-state index contributed by atoms with van der Waals surface area (Å²) < 4.78 is 43.6. The van der Waals surface area contributed by atoms with E-state index in [0.29, 0.717) is 24.6 Å². The van der Waals surface area contributed by atoms with Gasteiger partial charge in [-0.25, -0.2) is 4.99 Å². The molecule has 0 bridgehead atoms. The second-order valence-corrected chi connectivity index (χ2v) is 5.77. The highest BCUT2D eigenvalue weighted by Gasteiger charge is 2.30. The van der Waals surface area contributed by atoms with E-state index in [0.717, 1.165) is 45.0 Å². The molecule has 2 rings (SSSR count). The number of nitrogens with zero attached hydrogens (tertiary/aromatic N) is 2. The average Bonchev–Trinajstić information content (AvgIpc) is 2.60. The van der Waals surface area contributed by atoms with Crippen LogP contribution < -0.4 is 10.6 Å². The predicted molar refractivity (Wildman–Crippen MR) is 107 cm³/mol. The molecule has 2 N–H and O–H groups in total. The number of rotatable bonds is 6. The van der Waals surface area contributed by atoms with Crippen LogP contribution in [-0.4, -0.2) is 56.8 Å². The van der Waals surface area contributed by atoms with Crippen molar-refractivity contribution >= 4 is 29.9 Å². The molecule has 1 aliphatic heterocycles. The van der Waals surface area contributed by atoms with Gasteiger partial charge in [-0.2, -0.15) is 13.2 Å². The topological polar surface area (TPSA) is 48.9 Å². The Hall–Kier alpha value is -1.07. The molecule has 0 atom stereocenters. The van der Waals surface area contributed by atoms with E-state index in [2.05, 4.69) is 20.5 Å². The van der Waals surface area contributed by atoms with Crippen molar-refractivity contribution in [2.45, 2.75) is 19.6 Å². The predicted octanol–water partition coefficient (Wildman–Crippen LogP) is 2.71. The van der Waals surface area contributed by atoms with E-state index in [4.69, 9.17) is 4.74 Å². The first kappa shape index (κ1) is 23.0. The van der Waals surface area contributed by atoms with Crippen molar-refractivity contribution in [1.82, 2.24) is 15.5 Å². The number of halogens is 4. The van der Waals surface area contributed by atoms with Crippen LogP contribution in [0.15, 0.2) is 29.3 Å². The maximum atomic E-state index is 12.8. The summed E-state index contributed by atoms with van der Waals surface area (Å²) >= 11 is 0. The molecular weight excluding hydrogens is 460 g/mol.